The van der Waals surface area contributed by atoms with Crippen LogP contribution in [0.2, 0.25) is 0 Å². The van der Waals surface area contributed by atoms with Crippen LogP contribution in [0.15, 0.2) is 78.9 Å². The Morgan fingerprint density at radius 2 is 1.64 bits per heavy atom. The van der Waals surface area contributed by atoms with E-state index < -0.39 is 24.0 Å². The summed E-state index contributed by atoms with van der Waals surface area (Å²) >= 11 is 0. The van der Waals surface area contributed by atoms with Gasteiger partial charge in [-0.25, -0.2) is 14.6 Å². The molecule has 0 aliphatic carbocycles. The van der Waals surface area contributed by atoms with Crippen molar-refractivity contribution in [3.63, 3.8) is 0 Å². The summed E-state index contributed by atoms with van der Waals surface area (Å²) in [6.07, 6.45) is -0.917. The molecule has 0 bridgehead atoms. The maximum absolute atomic E-state index is 12.7. The summed E-state index contributed by atoms with van der Waals surface area (Å²) in [5.41, 5.74) is 3.45. The molecule has 3 amide bonds. The van der Waals surface area contributed by atoms with Crippen LogP contribution < -0.4 is 10.6 Å². The monoisotopic (exact) mass is 573 g/mol. The highest BCUT2D eigenvalue weighted by molar-refractivity contribution is 5.94. The molecule has 218 valence electrons. The molecule has 1 atom stereocenters. The Kier molecular flexibility index (Phi) is 10.2. The number of hydrogen-bond acceptors (Lipinski definition) is 7. The molecule has 0 radical (unpaired) electrons. The van der Waals surface area contributed by atoms with Gasteiger partial charge in [-0.05, 0) is 35.4 Å². The molecule has 4 aromatic rings. The second-order valence-electron chi connectivity index (χ2n) is 9.39. The van der Waals surface area contributed by atoms with Gasteiger partial charge in [-0.3, -0.25) is 9.59 Å². The third-order valence-electron chi connectivity index (χ3n) is 6.26. The molecule has 12 heteroatoms. The van der Waals surface area contributed by atoms with Gasteiger partial charge < -0.3 is 35.1 Å². The largest absolute Gasteiger partial charge is 0.480 e. The quantitative estimate of drug-likeness (QED) is 0.190. The Morgan fingerprint density at radius 3 is 2.33 bits per heavy atom. The first-order chi connectivity index (χ1) is 20.3. The molecule has 0 unspecified atom stereocenters. The number of carbonyl (C=O) groups excluding carboxylic acids is 3. The van der Waals surface area contributed by atoms with Crippen LogP contribution in [0.1, 0.15) is 27.3 Å². The average molecular weight is 574 g/mol. The van der Waals surface area contributed by atoms with E-state index in [-0.39, 0.29) is 44.3 Å². The molecule has 0 saturated carbocycles. The number of fused-ring (bicyclic) bond motifs is 1. The average Bonchev–Trinajstić information content (AvgIpc) is 3.41. The highest BCUT2D eigenvalue weighted by atomic mass is 16.5. The van der Waals surface area contributed by atoms with Crippen molar-refractivity contribution in [3.05, 3.63) is 101 Å². The molecule has 1 heterocycles. The number of amides is 3. The lowest BCUT2D eigenvalue weighted by atomic mass is 10.1. The first-order valence-corrected chi connectivity index (χ1v) is 13.1. The Balaban J connectivity index is 1.32. The molecule has 0 fully saturated rings. The topological polar surface area (TPSA) is 163 Å². The lowest BCUT2D eigenvalue weighted by molar-refractivity contribution is -0.139. The molecule has 4 N–H and O–H groups in total. The molecule has 0 aliphatic heterocycles. The number of benzene rings is 3. The predicted octanol–water partition coefficient (Wildman–Crippen LogP) is 2.85. The van der Waals surface area contributed by atoms with E-state index in [1.165, 1.54) is 7.11 Å². The Bertz CT molecular complexity index is 1490. The zero-order valence-corrected chi connectivity index (χ0v) is 22.9. The van der Waals surface area contributed by atoms with E-state index in [1.54, 1.807) is 53.4 Å². The van der Waals surface area contributed by atoms with Crippen LogP contribution in [0.5, 0.6) is 0 Å². The standard InChI is InChI=1S/C30H31N5O7/c1-41-19-27(36)35(17-26-32-23-9-5-6-10-24(23)33-26)16-20-11-13-22(14-12-20)28(37)31-15-25(29(38)39)34-30(40)42-18-21-7-3-2-4-8-21/h2-14,25H,15-19H2,1H3,(H,31,37)(H,32,33)(H,34,40)(H,38,39)/t25-/m0/s1. The van der Waals surface area contributed by atoms with Gasteiger partial charge in [0.2, 0.25) is 5.91 Å². The van der Waals surface area contributed by atoms with Crippen molar-refractivity contribution in [2.24, 2.45) is 0 Å². The molecule has 3 aromatic carbocycles. The van der Waals surface area contributed by atoms with E-state index in [0.29, 0.717) is 5.82 Å². The maximum Gasteiger partial charge on any atom is 0.408 e. The van der Waals surface area contributed by atoms with Crippen molar-refractivity contribution in [2.45, 2.75) is 25.7 Å². The van der Waals surface area contributed by atoms with E-state index in [0.717, 1.165) is 22.2 Å². The predicted molar refractivity (Wildman–Crippen MR) is 152 cm³/mol. The van der Waals surface area contributed by atoms with Crippen molar-refractivity contribution in [2.75, 3.05) is 20.3 Å². The number of nitrogens with zero attached hydrogens (tertiary/aromatic N) is 2. The van der Waals surface area contributed by atoms with Gasteiger partial charge in [0.1, 0.15) is 25.1 Å². The fraction of sp³-hybridized carbons (Fsp3) is 0.233. The number of aliphatic carboxylic acids is 1. The van der Waals surface area contributed by atoms with E-state index in [9.17, 15) is 24.3 Å². The summed E-state index contributed by atoms with van der Waals surface area (Å²) in [6, 6.07) is 21.7. The number of imidazole rings is 1. The van der Waals surface area contributed by atoms with Gasteiger partial charge >= 0.3 is 12.1 Å². The molecule has 0 spiro atoms. The van der Waals surface area contributed by atoms with Crippen LogP contribution in [0.3, 0.4) is 0 Å². The van der Waals surface area contributed by atoms with Crippen molar-refractivity contribution in [3.8, 4) is 0 Å². The number of H-pyrrole nitrogens is 1. The SMILES string of the molecule is COCC(=O)N(Cc1ccc(C(=O)NC[C@H](NC(=O)OCc2ccccc2)C(=O)O)cc1)Cc1nc2ccccc2[nH]1. The molecule has 4 rings (SSSR count). The van der Waals surface area contributed by atoms with Crippen LogP contribution in [0.4, 0.5) is 4.79 Å². The number of carbonyl (C=O) groups is 4. The Morgan fingerprint density at radius 1 is 0.929 bits per heavy atom. The zero-order valence-electron chi connectivity index (χ0n) is 22.9. The minimum absolute atomic E-state index is 0.0233. The second-order valence-corrected chi connectivity index (χ2v) is 9.39. The molecule has 42 heavy (non-hydrogen) atoms. The number of aromatic amines is 1. The minimum atomic E-state index is -1.39. The number of nitrogens with one attached hydrogen (secondary N) is 3. The van der Waals surface area contributed by atoms with E-state index in [4.69, 9.17) is 9.47 Å². The van der Waals surface area contributed by atoms with Crippen molar-refractivity contribution < 1.29 is 33.8 Å². The minimum Gasteiger partial charge on any atom is -0.480 e. The van der Waals surface area contributed by atoms with Gasteiger partial charge in [0.25, 0.3) is 5.91 Å². The molecule has 12 nitrogen and oxygen atoms in total. The van der Waals surface area contributed by atoms with E-state index >= 15 is 0 Å². The summed E-state index contributed by atoms with van der Waals surface area (Å²) in [6.45, 7) is 0.00461. The summed E-state index contributed by atoms with van der Waals surface area (Å²) in [5, 5.41) is 14.2. The summed E-state index contributed by atoms with van der Waals surface area (Å²) < 4.78 is 10.1. The highest BCUT2D eigenvalue weighted by Crippen LogP contribution is 2.15. The normalized spacial score (nSPS) is 11.5. The fourth-order valence-corrected chi connectivity index (χ4v) is 4.09. The molecule has 0 saturated heterocycles. The first-order valence-electron chi connectivity index (χ1n) is 13.1. The van der Waals surface area contributed by atoms with Gasteiger partial charge in [0.05, 0.1) is 17.6 Å². The van der Waals surface area contributed by atoms with Crippen LogP contribution in [0.25, 0.3) is 11.0 Å². The number of para-hydroxylation sites is 2. The molecular weight excluding hydrogens is 542 g/mol. The van der Waals surface area contributed by atoms with Crippen LogP contribution in [-0.2, 0) is 38.8 Å². The van der Waals surface area contributed by atoms with Crippen molar-refractivity contribution in [1.29, 1.82) is 0 Å². The van der Waals surface area contributed by atoms with Gasteiger partial charge in [-0.2, -0.15) is 0 Å². The number of aromatic nitrogens is 2. The van der Waals surface area contributed by atoms with Gasteiger partial charge in [0, 0.05) is 25.8 Å². The smallest absolute Gasteiger partial charge is 0.408 e. The lowest BCUT2D eigenvalue weighted by Gasteiger charge is -2.21. The van der Waals surface area contributed by atoms with Crippen LogP contribution >= 0.6 is 0 Å². The van der Waals surface area contributed by atoms with Gasteiger partial charge in [-0.1, -0.05) is 54.6 Å². The summed E-state index contributed by atoms with van der Waals surface area (Å²) in [5.74, 6) is -1.45. The second kappa shape index (κ2) is 14.4. The number of carboxylic acid groups (broad SMARTS) is 1. The van der Waals surface area contributed by atoms with E-state index in [2.05, 4.69) is 20.6 Å². The molecule has 0 aliphatic rings. The van der Waals surface area contributed by atoms with Crippen molar-refractivity contribution >= 4 is 34.9 Å². The Labute approximate surface area is 241 Å². The molecule has 1 aromatic heterocycles. The van der Waals surface area contributed by atoms with Gasteiger partial charge in [0.15, 0.2) is 0 Å². The Hall–Kier alpha value is -5.23. The van der Waals surface area contributed by atoms with Crippen LogP contribution in [0, 0.1) is 0 Å². The summed E-state index contributed by atoms with van der Waals surface area (Å²) in [7, 11) is 1.45. The van der Waals surface area contributed by atoms with Crippen LogP contribution in [-0.4, -0.2) is 70.2 Å². The number of methoxy groups -OCH3 is 1. The first kappa shape index (κ1) is 29.7. The van der Waals surface area contributed by atoms with Gasteiger partial charge in [-0.15, -0.1) is 0 Å². The van der Waals surface area contributed by atoms with Crippen molar-refractivity contribution in [1.82, 2.24) is 25.5 Å². The van der Waals surface area contributed by atoms with E-state index in [1.807, 2.05) is 30.3 Å². The maximum atomic E-state index is 12.7. The number of alkyl carbamates (subject to hydrolysis) is 1. The lowest BCUT2D eigenvalue weighted by Crippen LogP contribution is -2.48. The number of carboxylic acids is 1. The summed E-state index contributed by atoms with van der Waals surface area (Å²) in [4.78, 5) is 58.5. The highest BCUT2D eigenvalue weighted by Gasteiger charge is 2.22. The third-order valence-corrected chi connectivity index (χ3v) is 6.26. The molecular formula is C30H31N5O7. The number of ether oxygens (including phenoxy) is 2. The number of rotatable bonds is 13. The zero-order chi connectivity index (χ0) is 29.9. The fourth-order valence-electron chi connectivity index (χ4n) is 4.09. The number of hydrogen-bond donors (Lipinski definition) is 4. The third kappa shape index (κ3) is 8.38.